The molecule has 0 spiro atoms. The van der Waals surface area contributed by atoms with Crippen molar-refractivity contribution in [2.24, 2.45) is 5.11 Å². The van der Waals surface area contributed by atoms with Crippen molar-refractivity contribution in [3.8, 4) is 0 Å². The van der Waals surface area contributed by atoms with Gasteiger partial charge in [-0.15, -0.1) is 0 Å². The zero-order valence-electron chi connectivity index (χ0n) is 25.0. The number of nitro benzene ring substituents is 1. The number of carbonyl (C=O) groups is 2. The molecule has 1 aliphatic heterocycles. The zero-order valence-corrected chi connectivity index (χ0v) is 28.5. The Hall–Kier alpha value is -4.00. The van der Waals surface area contributed by atoms with E-state index in [9.17, 15) is 58.2 Å². The molecule has 2 unspecified atom stereocenters. The van der Waals surface area contributed by atoms with Crippen molar-refractivity contribution >= 4 is 65.0 Å². The quantitative estimate of drug-likeness (QED) is 0.0209. The lowest BCUT2D eigenvalue weighted by atomic mass is 10.1. The van der Waals surface area contributed by atoms with Crippen LogP contribution in [0.5, 0.6) is 0 Å². The molecule has 0 saturated carbocycles. The van der Waals surface area contributed by atoms with Crippen LogP contribution in [0.15, 0.2) is 40.4 Å². The summed E-state index contributed by atoms with van der Waals surface area (Å²) in [5, 5.41) is 40.0. The molecule has 51 heavy (non-hydrogen) atoms. The molecule has 278 valence electrons. The van der Waals surface area contributed by atoms with Gasteiger partial charge in [0, 0.05) is 35.0 Å². The van der Waals surface area contributed by atoms with Crippen LogP contribution < -0.4 is 16.3 Å². The van der Waals surface area contributed by atoms with Crippen molar-refractivity contribution < 1.29 is 75.9 Å². The SMILES string of the molecule is [N-]=[N+]=Nc1ccc([N+](=O)[O-])c(C(=O)NCC(=O)NC/C=C/c2cn([C@@H]3O[C@H](COP(=O)(O)OP(=O)(O)OP(=O)(O)O)[C@@H](O)[C@H]3O)c(=O)[nH]c2=S)c1. The lowest BCUT2D eigenvalue weighted by Crippen LogP contribution is -2.37. The number of amides is 2. The predicted molar refractivity (Wildman–Crippen MR) is 168 cm³/mol. The minimum absolute atomic E-state index is 0.0802. The van der Waals surface area contributed by atoms with E-state index in [0.717, 1.165) is 29.0 Å². The molecule has 2 aromatic rings. The van der Waals surface area contributed by atoms with Gasteiger partial charge in [0.15, 0.2) is 6.23 Å². The first kappa shape index (κ1) is 41.4. The van der Waals surface area contributed by atoms with Crippen molar-refractivity contribution in [1.82, 2.24) is 20.2 Å². The van der Waals surface area contributed by atoms with E-state index in [2.05, 4.69) is 38.8 Å². The van der Waals surface area contributed by atoms with E-state index in [1.807, 2.05) is 0 Å². The van der Waals surface area contributed by atoms with Crippen LogP contribution in [0.1, 0.15) is 22.1 Å². The van der Waals surface area contributed by atoms with Gasteiger partial charge in [0.25, 0.3) is 11.6 Å². The number of aromatic amines is 1. The minimum Gasteiger partial charge on any atom is -0.387 e. The number of phosphoric acid groups is 3. The maximum Gasteiger partial charge on any atom is 0.490 e. The Kier molecular flexibility index (Phi) is 13.8. The Labute approximate surface area is 287 Å². The van der Waals surface area contributed by atoms with Crippen LogP contribution in [-0.4, -0.2) is 94.1 Å². The molecule has 1 fully saturated rings. The smallest absolute Gasteiger partial charge is 0.387 e. The number of nitrogens with one attached hydrogen (secondary N) is 3. The standard InChI is InChI=1S/C21H25N8O18P3S/c22-27-26-11-3-4-13(29(35)36)12(6-11)18(33)24-7-15(30)23-5-1-2-10-8-28(21(34)25-19(10)51)20-17(32)16(31)14(45-20)9-44-49(40,41)47-50(42,43)46-48(37,38)39/h1-4,6,8,14,16-17,20,31-32H,5,7,9H2,(H,23,30)(H,24,33)(H,40,41)(H,42,43)(H,25,34,51)(H2,37,38,39)/b2-1+/t14-,16-,17-,20-/m1/s1. The number of nitro groups is 1. The second kappa shape index (κ2) is 17.0. The van der Waals surface area contributed by atoms with Gasteiger partial charge in [-0.2, -0.15) is 8.62 Å². The number of hydrogen-bond donors (Lipinski definition) is 9. The van der Waals surface area contributed by atoms with Gasteiger partial charge in [-0.05, 0) is 17.7 Å². The minimum atomic E-state index is -5.84. The second-order valence-corrected chi connectivity index (χ2v) is 14.5. The molecule has 0 radical (unpaired) electrons. The number of rotatable bonds is 16. The number of azide groups is 1. The van der Waals surface area contributed by atoms with Crippen LogP contribution >= 0.6 is 35.7 Å². The summed E-state index contributed by atoms with van der Waals surface area (Å²) in [7, 11) is -17.1. The molecule has 2 heterocycles. The van der Waals surface area contributed by atoms with Crippen LogP contribution in [0.25, 0.3) is 16.5 Å². The third-order valence-corrected chi connectivity index (χ3v) is 10.3. The summed E-state index contributed by atoms with van der Waals surface area (Å²) < 4.78 is 51.8. The lowest BCUT2D eigenvalue weighted by molar-refractivity contribution is -0.385. The lowest BCUT2D eigenvalue weighted by Gasteiger charge is -2.19. The van der Waals surface area contributed by atoms with Crippen LogP contribution in [0.2, 0.25) is 0 Å². The fraction of sp³-hybridized carbons (Fsp3) is 0.333. The number of benzene rings is 1. The summed E-state index contributed by atoms with van der Waals surface area (Å²) in [5.74, 6) is -1.75. The molecule has 0 bridgehead atoms. The molecule has 1 aromatic heterocycles. The summed E-state index contributed by atoms with van der Waals surface area (Å²) in [6, 6.07) is 3.05. The van der Waals surface area contributed by atoms with E-state index in [4.69, 9.17) is 32.3 Å². The first-order valence-electron chi connectivity index (χ1n) is 13.3. The highest BCUT2D eigenvalue weighted by atomic mass is 32.1. The van der Waals surface area contributed by atoms with E-state index in [1.165, 1.54) is 12.2 Å². The molecule has 1 saturated heterocycles. The Bertz CT molecular complexity index is 2030. The fourth-order valence-electron chi connectivity index (χ4n) is 4.03. The van der Waals surface area contributed by atoms with Crippen molar-refractivity contribution in [1.29, 1.82) is 0 Å². The average molecular weight is 802 g/mol. The van der Waals surface area contributed by atoms with Gasteiger partial charge < -0.3 is 45.2 Å². The number of phosphoric ester groups is 1. The maximum absolute atomic E-state index is 12.6. The number of carbonyl (C=O) groups excluding carboxylic acids is 2. The van der Waals surface area contributed by atoms with Gasteiger partial charge in [0.1, 0.15) is 28.5 Å². The molecule has 30 heteroatoms. The highest BCUT2D eigenvalue weighted by molar-refractivity contribution is 7.71. The summed E-state index contributed by atoms with van der Waals surface area (Å²) in [6.45, 7) is -1.94. The molecule has 3 rings (SSSR count). The predicted octanol–water partition coefficient (Wildman–Crippen LogP) is 0.278. The number of aromatic nitrogens is 2. The monoisotopic (exact) mass is 802 g/mol. The fourth-order valence-corrected chi connectivity index (χ4v) is 7.27. The maximum atomic E-state index is 12.6. The Balaban J connectivity index is 1.61. The third-order valence-electron chi connectivity index (χ3n) is 6.13. The molecule has 9 N–H and O–H groups in total. The number of ether oxygens (including phenoxy) is 1. The molecule has 0 aliphatic carbocycles. The van der Waals surface area contributed by atoms with Crippen LogP contribution in [0.3, 0.4) is 0 Å². The van der Waals surface area contributed by atoms with Crippen LogP contribution in [-0.2, 0) is 36.4 Å². The van der Waals surface area contributed by atoms with Crippen molar-refractivity contribution in [3.63, 3.8) is 0 Å². The van der Waals surface area contributed by atoms with Crippen molar-refractivity contribution in [2.45, 2.75) is 24.5 Å². The number of aliphatic hydroxyl groups is 2. The number of aliphatic hydroxyl groups excluding tert-OH is 2. The normalized spacial score (nSPS) is 21.3. The molecule has 2 amide bonds. The van der Waals surface area contributed by atoms with E-state index in [0.29, 0.717) is 0 Å². The number of nitrogens with zero attached hydrogens (tertiary/aromatic N) is 5. The van der Waals surface area contributed by atoms with Crippen LogP contribution in [0, 0.1) is 14.8 Å². The molecular formula is C21H25N8O18P3S. The molecular weight excluding hydrogens is 777 g/mol. The van der Waals surface area contributed by atoms with Gasteiger partial charge in [-0.3, -0.25) is 33.8 Å². The Morgan fingerprint density at radius 1 is 1.16 bits per heavy atom. The molecule has 6 atom stereocenters. The highest BCUT2D eigenvalue weighted by Crippen LogP contribution is 2.66. The third kappa shape index (κ3) is 12.0. The summed E-state index contributed by atoms with van der Waals surface area (Å²) in [6.07, 6.45) is -3.46. The highest BCUT2D eigenvalue weighted by Gasteiger charge is 2.46. The molecule has 26 nitrogen and oxygen atoms in total. The molecule has 1 aromatic carbocycles. The first-order chi connectivity index (χ1) is 23.6. The van der Waals surface area contributed by atoms with E-state index >= 15 is 0 Å². The second-order valence-electron chi connectivity index (χ2n) is 9.72. The van der Waals surface area contributed by atoms with Crippen LogP contribution in [0.4, 0.5) is 11.4 Å². The largest absolute Gasteiger partial charge is 0.490 e. The number of hydrogen-bond acceptors (Lipinski definition) is 16. The summed E-state index contributed by atoms with van der Waals surface area (Å²) in [4.78, 5) is 88.6. The zero-order chi connectivity index (χ0) is 38.3. The van der Waals surface area contributed by atoms with E-state index in [1.54, 1.807) is 0 Å². The van der Waals surface area contributed by atoms with Gasteiger partial charge in [-0.25, -0.2) is 18.5 Å². The van der Waals surface area contributed by atoms with Gasteiger partial charge in [0.05, 0.1) is 18.1 Å². The molecule has 1 aliphatic rings. The summed E-state index contributed by atoms with van der Waals surface area (Å²) >= 11 is 5.10. The number of H-pyrrole nitrogens is 1. The van der Waals surface area contributed by atoms with E-state index < -0.39 is 94.8 Å². The topological polar surface area (TPSA) is 397 Å². The first-order valence-corrected chi connectivity index (χ1v) is 18.3. The summed E-state index contributed by atoms with van der Waals surface area (Å²) in [5.41, 5.74) is 6.54. The average Bonchev–Trinajstić information content (AvgIpc) is 3.28. The van der Waals surface area contributed by atoms with Gasteiger partial charge in [-0.1, -0.05) is 29.5 Å². The van der Waals surface area contributed by atoms with Gasteiger partial charge >= 0.3 is 29.2 Å². The Morgan fingerprint density at radius 3 is 2.47 bits per heavy atom. The van der Waals surface area contributed by atoms with Crippen molar-refractivity contribution in [3.05, 3.63) is 77.3 Å². The van der Waals surface area contributed by atoms with E-state index in [-0.39, 0.29) is 22.4 Å². The Morgan fingerprint density at radius 2 is 1.84 bits per heavy atom. The van der Waals surface area contributed by atoms with Crippen molar-refractivity contribution in [2.75, 3.05) is 19.7 Å². The van der Waals surface area contributed by atoms with Gasteiger partial charge in [0.2, 0.25) is 5.91 Å².